The molecule has 0 radical (unpaired) electrons. The van der Waals surface area contributed by atoms with Gasteiger partial charge < -0.3 is 5.73 Å². The molecule has 1 aliphatic carbocycles. The van der Waals surface area contributed by atoms with Crippen molar-refractivity contribution in [3.05, 3.63) is 35.4 Å². The van der Waals surface area contributed by atoms with E-state index in [0.717, 1.165) is 17.7 Å². The molecule has 0 saturated carbocycles. The molecule has 0 aliphatic heterocycles. The van der Waals surface area contributed by atoms with Crippen molar-refractivity contribution in [1.29, 1.82) is 5.26 Å². The van der Waals surface area contributed by atoms with Gasteiger partial charge in [0.15, 0.2) is 6.19 Å². The molecule has 0 amide bonds. The maximum Gasteiger partial charge on any atom is 0.205 e. The summed E-state index contributed by atoms with van der Waals surface area (Å²) in [7, 11) is 0. The summed E-state index contributed by atoms with van der Waals surface area (Å²) in [6, 6.07) is 8.20. The summed E-state index contributed by atoms with van der Waals surface area (Å²) in [5.41, 5.74) is 8.26. The van der Waals surface area contributed by atoms with Crippen molar-refractivity contribution >= 4 is 5.96 Å². The second kappa shape index (κ2) is 5.50. The Balaban J connectivity index is 2.06. The van der Waals surface area contributed by atoms with Crippen molar-refractivity contribution < 1.29 is 4.39 Å². The van der Waals surface area contributed by atoms with E-state index in [4.69, 9.17) is 11.0 Å². The van der Waals surface area contributed by atoms with Crippen molar-refractivity contribution in [2.45, 2.75) is 18.9 Å². The van der Waals surface area contributed by atoms with E-state index in [1.54, 1.807) is 0 Å². The first-order valence-corrected chi connectivity index (χ1v) is 5.88. The quantitative estimate of drug-likeness (QED) is 0.377. The summed E-state index contributed by atoms with van der Waals surface area (Å²) in [6.45, 7) is -0.653. The molecule has 18 heavy (non-hydrogen) atoms. The fraction of sp³-hybridized carbons (Fsp3) is 0.385. The van der Waals surface area contributed by atoms with Gasteiger partial charge in [-0.3, -0.25) is 0 Å². The Morgan fingerprint density at radius 2 is 2.06 bits per heavy atom. The van der Waals surface area contributed by atoms with E-state index in [2.05, 4.69) is 17.1 Å². The first kappa shape index (κ1) is 12.4. The van der Waals surface area contributed by atoms with Crippen LogP contribution in [0.25, 0.3) is 0 Å². The zero-order valence-electron chi connectivity index (χ0n) is 10.0. The molecule has 0 spiro atoms. The zero-order chi connectivity index (χ0) is 13.0. The largest absolute Gasteiger partial charge is 0.369 e. The van der Waals surface area contributed by atoms with E-state index < -0.39 is 6.67 Å². The van der Waals surface area contributed by atoms with Crippen molar-refractivity contribution in [3.63, 3.8) is 0 Å². The first-order chi connectivity index (χ1) is 8.74. The topological polar surface area (TPSA) is 65.4 Å². The van der Waals surface area contributed by atoms with Gasteiger partial charge in [0, 0.05) is 0 Å². The SMILES string of the molecule is N#CN(CCF)C(N)=NC1Cc2ccccc2C1. The number of aliphatic imine (C=N–C) groups is 1. The number of hydrogen-bond donors (Lipinski definition) is 1. The normalized spacial score (nSPS) is 15.2. The summed E-state index contributed by atoms with van der Waals surface area (Å²) in [4.78, 5) is 5.40. The smallest absolute Gasteiger partial charge is 0.205 e. The Hall–Kier alpha value is -2.09. The van der Waals surface area contributed by atoms with Crippen molar-refractivity contribution in [2.24, 2.45) is 10.7 Å². The Bertz CT molecular complexity index is 467. The Kier molecular flexibility index (Phi) is 3.78. The molecule has 4 nitrogen and oxygen atoms in total. The monoisotopic (exact) mass is 246 g/mol. The van der Waals surface area contributed by atoms with Crippen LogP contribution in [0.4, 0.5) is 4.39 Å². The summed E-state index contributed by atoms with van der Waals surface area (Å²) in [6.07, 6.45) is 3.49. The lowest BCUT2D eigenvalue weighted by Gasteiger charge is -2.13. The Morgan fingerprint density at radius 1 is 1.44 bits per heavy atom. The first-order valence-electron chi connectivity index (χ1n) is 5.88. The number of benzene rings is 1. The molecule has 0 saturated heterocycles. The van der Waals surface area contributed by atoms with Gasteiger partial charge in [-0.2, -0.15) is 5.26 Å². The standard InChI is InChI=1S/C13H15FN4/c14-5-6-18(9-15)13(16)17-12-7-10-3-1-2-4-11(10)8-12/h1-4,12H,5-8H2,(H2,16,17). The molecule has 0 atom stereocenters. The molecular weight excluding hydrogens is 231 g/mol. The molecule has 2 N–H and O–H groups in total. The average molecular weight is 246 g/mol. The lowest BCUT2D eigenvalue weighted by molar-refractivity contribution is 0.420. The van der Waals surface area contributed by atoms with Gasteiger partial charge in [-0.1, -0.05) is 24.3 Å². The molecule has 0 bridgehead atoms. The summed E-state index contributed by atoms with van der Waals surface area (Å²) in [5, 5.41) is 8.82. The van der Waals surface area contributed by atoms with Crippen LogP contribution in [0.2, 0.25) is 0 Å². The van der Waals surface area contributed by atoms with Crippen molar-refractivity contribution in [3.8, 4) is 6.19 Å². The van der Waals surface area contributed by atoms with Crippen LogP contribution in [-0.2, 0) is 12.8 Å². The lowest BCUT2D eigenvalue weighted by atomic mass is 10.1. The Labute approximate surface area is 106 Å². The van der Waals surface area contributed by atoms with Gasteiger partial charge in [0.2, 0.25) is 5.96 Å². The molecule has 1 aromatic rings. The van der Waals surface area contributed by atoms with Crippen LogP contribution in [0, 0.1) is 11.5 Å². The molecular formula is C13H15FN4. The van der Waals surface area contributed by atoms with Gasteiger partial charge in [0.25, 0.3) is 0 Å². The van der Waals surface area contributed by atoms with Crippen LogP contribution in [0.15, 0.2) is 29.3 Å². The number of rotatable bonds is 3. The maximum atomic E-state index is 12.2. The predicted octanol–water partition coefficient (Wildman–Crippen LogP) is 1.22. The van der Waals surface area contributed by atoms with E-state index in [1.807, 2.05) is 18.3 Å². The Morgan fingerprint density at radius 3 is 2.56 bits per heavy atom. The molecule has 0 fully saturated rings. The minimum atomic E-state index is -0.616. The highest BCUT2D eigenvalue weighted by Gasteiger charge is 2.21. The highest BCUT2D eigenvalue weighted by atomic mass is 19.1. The number of guanidine groups is 1. The lowest BCUT2D eigenvalue weighted by Crippen LogP contribution is -2.36. The van der Waals surface area contributed by atoms with Gasteiger partial charge in [-0.25, -0.2) is 14.3 Å². The molecule has 1 aromatic carbocycles. The van der Waals surface area contributed by atoms with E-state index in [9.17, 15) is 4.39 Å². The second-order valence-electron chi connectivity index (χ2n) is 4.26. The van der Waals surface area contributed by atoms with Gasteiger partial charge in [-0.15, -0.1) is 0 Å². The van der Waals surface area contributed by atoms with Gasteiger partial charge in [0.1, 0.15) is 6.67 Å². The fourth-order valence-corrected chi connectivity index (χ4v) is 2.18. The molecule has 0 heterocycles. The highest BCUT2D eigenvalue weighted by molar-refractivity contribution is 5.79. The molecule has 94 valence electrons. The van der Waals surface area contributed by atoms with Crippen LogP contribution in [0.3, 0.4) is 0 Å². The predicted molar refractivity (Wildman–Crippen MR) is 67.6 cm³/mol. The van der Waals surface area contributed by atoms with Gasteiger partial charge in [-0.05, 0) is 24.0 Å². The van der Waals surface area contributed by atoms with E-state index in [0.29, 0.717) is 0 Å². The van der Waals surface area contributed by atoms with Crippen LogP contribution >= 0.6 is 0 Å². The third-order valence-electron chi connectivity index (χ3n) is 3.05. The van der Waals surface area contributed by atoms with Crippen LogP contribution in [0.1, 0.15) is 11.1 Å². The maximum absolute atomic E-state index is 12.2. The van der Waals surface area contributed by atoms with Gasteiger partial charge >= 0.3 is 0 Å². The fourth-order valence-electron chi connectivity index (χ4n) is 2.18. The summed E-state index contributed by atoms with van der Waals surface area (Å²) < 4.78 is 12.2. The molecule has 0 aromatic heterocycles. The molecule has 5 heteroatoms. The number of nitriles is 1. The van der Waals surface area contributed by atoms with Crippen LogP contribution in [0.5, 0.6) is 0 Å². The average Bonchev–Trinajstić information content (AvgIpc) is 2.77. The number of halogens is 1. The minimum Gasteiger partial charge on any atom is -0.369 e. The van der Waals surface area contributed by atoms with E-state index in [1.165, 1.54) is 11.1 Å². The number of fused-ring (bicyclic) bond motifs is 1. The van der Waals surface area contributed by atoms with Gasteiger partial charge in [0.05, 0.1) is 12.6 Å². The minimum absolute atomic E-state index is 0.0362. The third-order valence-corrected chi connectivity index (χ3v) is 3.05. The molecule has 0 unspecified atom stereocenters. The number of nitrogens with zero attached hydrogens (tertiary/aromatic N) is 3. The summed E-state index contributed by atoms with van der Waals surface area (Å²) >= 11 is 0. The summed E-state index contributed by atoms with van der Waals surface area (Å²) in [5.74, 6) is 0.105. The third kappa shape index (κ3) is 2.59. The molecule has 1 aliphatic rings. The molecule has 2 rings (SSSR count). The number of hydrogen-bond acceptors (Lipinski definition) is 2. The number of alkyl halides is 1. The zero-order valence-corrected chi connectivity index (χ0v) is 10.0. The highest BCUT2D eigenvalue weighted by Crippen LogP contribution is 2.23. The van der Waals surface area contributed by atoms with E-state index in [-0.39, 0.29) is 18.5 Å². The number of nitrogens with two attached hydrogens (primary N) is 1. The second-order valence-corrected chi connectivity index (χ2v) is 4.26. The van der Waals surface area contributed by atoms with Crippen molar-refractivity contribution in [1.82, 2.24) is 4.90 Å². The van der Waals surface area contributed by atoms with Crippen LogP contribution < -0.4 is 5.73 Å². The van der Waals surface area contributed by atoms with E-state index >= 15 is 0 Å². The van der Waals surface area contributed by atoms with Crippen molar-refractivity contribution in [2.75, 3.05) is 13.2 Å². The van der Waals surface area contributed by atoms with Crippen LogP contribution in [-0.4, -0.2) is 30.1 Å².